The third-order valence-corrected chi connectivity index (χ3v) is 2.83. The van der Waals surface area contributed by atoms with Crippen molar-refractivity contribution in [3.8, 4) is 11.3 Å². The molecule has 88 valence electrons. The van der Waals surface area contributed by atoms with Crippen LogP contribution in [-0.2, 0) is 6.54 Å². The summed E-state index contributed by atoms with van der Waals surface area (Å²) in [5, 5.41) is 13.6. The average molecular weight is 251 g/mol. The van der Waals surface area contributed by atoms with Gasteiger partial charge in [0.25, 0.3) is 0 Å². The van der Waals surface area contributed by atoms with E-state index in [2.05, 4.69) is 5.10 Å². The number of carboxylic acids is 1. The van der Waals surface area contributed by atoms with Gasteiger partial charge in [0.15, 0.2) is 0 Å². The van der Waals surface area contributed by atoms with Gasteiger partial charge < -0.3 is 5.11 Å². The highest BCUT2D eigenvalue weighted by molar-refractivity contribution is 6.33. The molecule has 1 heterocycles. The molecule has 0 fully saturated rings. The number of benzene rings is 1. The van der Waals surface area contributed by atoms with Crippen LogP contribution in [0.1, 0.15) is 17.3 Å². The fourth-order valence-electron chi connectivity index (χ4n) is 1.67. The van der Waals surface area contributed by atoms with Crippen LogP contribution in [0.3, 0.4) is 0 Å². The van der Waals surface area contributed by atoms with Gasteiger partial charge in [0.05, 0.1) is 11.3 Å². The van der Waals surface area contributed by atoms with E-state index in [1.165, 1.54) is 6.07 Å². The summed E-state index contributed by atoms with van der Waals surface area (Å²) in [6, 6.07) is 6.46. The van der Waals surface area contributed by atoms with E-state index >= 15 is 0 Å². The first-order chi connectivity index (χ1) is 8.13. The molecule has 17 heavy (non-hydrogen) atoms. The molecule has 2 aromatic rings. The number of hydrogen-bond donors (Lipinski definition) is 1. The minimum atomic E-state index is -0.967. The van der Waals surface area contributed by atoms with Crippen molar-refractivity contribution in [1.82, 2.24) is 9.78 Å². The van der Waals surface area contributed by atoms with Gasteiger partial charge in [-0.15, -0.1) is 0 Å². The Morgan fingerprint density at radius 2 is 2.24 bits per heavy atom. The summed E-state index contributed by atoms with van der Waals surface area (Å²) >= 11 is 6.09. The van der Waals surface area contributed by atoms with Crippen molar-refractivity contribution < 1.29 is 9.90 Å². The van der Waals surface area contributed by atoms with Crippen molar-refractivity contribution in [1.29, 1.82) is 0 Å². The highest BCUT2D eigenvalue weighted by atomic mass is 35.5. The lowest BCUT2D eigenvalue weighted by atomic mass is 10.1. The normalized spacial score (nSPS) is 10.5. The summed E-state index contributed by atoms with van der Waals surface area (Å²) in [7, 11) is 0. The zero-order valence-corrected chi connectivity index (χ0v) is 9.98. The summed E-state index contributed by atoms with van der Waals surface area (Å²) in [5.74, 6) is -0.967. The SMILES string of the molecule is CCn1nccc1-c1cc(C(=O)O)ccc1Cl. The Balaban J connectivity index is 2.58. The Morgan fingerprint density at radius 3 is 2.88 bits per heavy atom. The lowest BCUT2D eigenvalue weighted by Crippen LogP contribution is -2.01. The van der Waals surface area contributed by atoms with Crippen LogP contribution in [0.2, 0.25) is 5.02 Å². The molecule has 0 aliphatic rings. The lowest BCUT2D eigenvalue weighted by Gasteiger charge is -2.07. The van der Waals surface area contributed by atoms with Crippen LogP contribution in [-0.4, -0.2) is 20.9 Å². The fourth-order valence-corrected chi connectivity index (χ4v) is 1.88. The van der Waals surface area contributed by atoms with Gasteiger partial charge in [-0.05, 0) is 31.2 Å². The molecule has 0 amide bonds. The van der Waals surface area contributed by atoms with Crippen LogP contribution in [0.25, 0.3) is 11.3 Å². The van der Waals surface area contributed by atoms with Crippen molar-refractivity contribution in [2.75, 3.05) is 0 Å². The molecule has 2 rings (SSSR count). The molecule has 0 bridgehead atoms. The second-order valence-corrected chi connectivity index (χ2v) is 3.94. The maximum absolute atomic E-state index is 10.9. The average Bonchev–Trinajstić information content (AvgIpc) is 2.77. The minimum Gasteiger partial charge on any atom is -0.478 e. The van der Waals surface area contributed by atoms with Crippen LogP contribution in [0.4, 0.5) is 0 Å². The van der Waals surface area contributed by atoms with Gasteiger partial charge in [-0.25, -0.2) is 4.79 Å². The smallest absolute Gasteiger partial charge is 0.335 e. The van der Waals surface area contributed by atoms with Crippen molar-refractivity contribution >= 4 is 17.6 Å². The Labute approximate surface area is 103 Å². The first-order valence-corrected chi connectivity index (χ1v) is 5.56. The van der Waals surface area contributed by atoms with E-state index in [9.17, 15) is 4.79 Å². The number of rotatable bonds is 3. The molecule has 4 nitrogen and oxygen atoms in total. The lowest BCUT2D eigenvalue weighted by molar-refractivity contribution is 0.0697. The zero-order chi connectivity index (χ0) is 12.4. The largest absolute Gasteiger partial charge is 0.478 e. The fraction of sp³-hybridized carbons (Fsp3) is 0.167. The summed E-state index contributed by atoms with van der Waals surface area (Å²) in [5.41, 5.74) is 1.72. The Bertz CT molecular complexity index is 563. The molecule has 1 aromatic heterocycles. The maximum Gasteiger partial charge on any atom is 0.335 e. The van der Waals surface area contributed by atoms with Gasteiger partial charge in [0.1, 0.15) is 0 Å². The van der Waals surface area contributed by atoms with Crippen LogP contribution in [0.15, 0.2) is 30.5 Å². The summed E-state index contributed by atoms with van der Waals surface area (Å²) in [6.07, 6.45) is 1.67. The van der Waals surface area contributed by atoms with Gasteiger partial charge >= 0.3 is 5.97 Å². The third-order valence-electron chi connectivity index (χ3n) is 2.51. The molecule has 1 N–H and O–H groups in total. The number of halogens is 1. The van der Waals surface area contributed by atoms with E-state index in [1.807, 2.05) is 13.0 Å². The third kappa shape index (κ3) is 2.17. The van der Waals surface area contributed by atoms with Crippen LogP contribution < -0.4 is 0 Å². The Hall–Kier alpha value is -1.81. The molecule has 0 radical (unpaired) electrons. The molecule has 1 aromatic carbocycles. The van der Waals surface area contributed by atoms with Crippen molar-refractivity contribution in [3.05, 3.63) is 41.0 Å². The number of carbonyl (C=O) groups is 1. The molecular weight excluding hydrogens is 240 g/mol. The Morgan fingerprint density at radius 1 is 1.47 bits per heavy atom. The van der Waals surface area contributed by atoms with E-state index in [-0.39, 0.29) is 5.56 Å². The number of aryl methyl sites for hydroxylation is 1. The van der Waals surface area contributed by atoms with Crippen molar-refractivity contribution in [2.24, 2.45) is 0 Å². The molecule has 0 aliphatic heterocycles. The summed E-state index contributed by atoms with van der Waals surface area (Å²) < 4.78 is 1.77. The summed E-state index contributed by atoms with van der Waals surface area (Å²) in [6.45, 7) is 2.67. The molecular formula is C12H11ClN2O2. The molecule has 0 unspecified atom stereocenters. The predicted octanol–water partition coefficient (Wildman–Crippen LogP) is 2.92. The van der Waals surface area contributed by atoms with E-state index in [0.29, 0.717) is 17.1 Å². The molecule has 0 spiro atoms. The van der Waals surface area contributed by atoms with Crippen LogP contribution >= 0.6 is 11.6 Å². The highest BCUT2D eigenvalue weighted by Crippen LogP contribution is 2.28. The minimum absolute atomic E-state index is 0.216. The number of hydrogen-bond acceptors (Lipinski definition) is 2. The summed E-state index contributed by atoms with van der Waals surface area (Å²) in [4.78, 5) is 10.9. The number of nitrogens with zero attached hydrogens (tertiary/aromatic N) is 2. The number of aromatic carboxylic acids is 1. The van der Waals surface area contributed by atoms with Gasteiger partial charge in [0.2, 0.25) is 0 Å². The molecule has 0 atom stereocenters. The molecule has 0 aliphatic carbocycles. The molecule has 0 saturated heterocycles. The van der Waals surface area contributed by atoms with Crippen LogP contribution in [0.5, 0.6) is 0 Å². The molecule has 0 saturated carbocycles. The highest BCUT2D eigenvalue weighted by Gasteiger charge is 2.12. The first-order valence-electron chi connectivity index (χ1n) is 5.18. The quantitative estimate of drug-likeness (QED) is 0.911. The topological polar surface area (TPSA) is 55.1 Å². The predicted molar refractivity (Wildman–Crippen MR) is 65.3 cm³/mol. The van der Waals surface area contributed by atoms with Gasteiger partial charge in [-0.1, -0.05) is 11.6 Å². The number of aromatic nitrogens is 2. The Kier molecular flexibility index (Phi) is 3.15. The zero-order valence-electron chi connectivity index (χ0n) is 9.22. The monoisotopic (exact) mass is 250 g/mol. The van der Waals surface area contributed by atoms with E-state index < -0.39 is 5.97 Å². The van der Waals surface area contributed by atoms with Gasteiger partial charge in [-0.3, -0.25) is 4.68 Å². The van der Waals surface area contributed by atoms with E-state index in [4.69, 9.17) is 16.7 Å². The van der Waals surface area contributed by atoms with Gasteiger partial charge in [0, 0.05) is 23.3 Å². The van der Waals surface area contributed by atoms with Crippen molar-refractivity contribution in [2.45, 2.75) is 13.5 Å². The van der Waals surface area contributed by atoms with E-state index in [0.717, 1.165) is 5.69 Å². The first kappa shape index (κ1) is 11.7. The maximum atomic E-state index is 10.9. The van der Waals surface area contributed by atoms with Crippen LogP contribution in [0, 0.1) is 0 Å². The standard InChI is InChI=1S/C12H11ClN2O2/c1-2-15-11(5-6-14-15)9-7-8(12(16)17)3-4-10(9)13/h3-7H,2H2,1H3,(H,16,17). The van der Waals surface area contributed by atoms with Crippen molar-refractivity contribution in [3.63, 3.8) is 0 Å². The second kappa shape index (κ2) is 4.59. The number of carboxylic acid groups (broad SMARTS) is 1. The second-order valence-electron chi connectivity index (χ2n) is 3.53. The van der Waals surface area contributed by atoms with E-state index in [1.54, 1.807) is 23.0 Å². The van der Waals surface area contributed by atoms with Gasteiger partial charge in [-0.2, -0.15) is 5.10 Å². The molecule has 5 heteroatoms.